The molecule has 5 rings (SSSR count). The van der Waals surface area contributed by atoms with Crippen molar-refractivity contribution in [2.75, 3.05) is 23.0 Å². The number of carbonyl (C=O) groups is 2. The van der Waals surface area contributed by atoms with Crippen molar-refractivity contribution < 1.29 is 14.7 Å². The summed E-state index contributed by atoms with van der Waals surface area (Å²) in [5.41, 5.74) is 4.55. The van der Waals surface area contributed by atoms with Gasteiger partial charge in [-0.05, 0) is 73.0 Å². The van der Waals surface area contributed by atoms with Crippen LogP contribution in [0.4, 0.5) is 11.4 Å². The molecule has 2 aliphatic heterocycles. The van der Waals surface area contributed by atoms with Crippen molar-refractivity contribution in [1.29, 1.82) is 0 Å². The number of carboxylic acids is 1. The van der Waals surface area contributed by atoms with Crippen molar-refractivity contribution in [2.45, 2.75) is 12.8 Å². The summed E-state index contributed by atoms with van der Waals surface area (Å²) in [7, 11) is 0. The molecule has 1 N–H and O–H groups in total. The number of hydrazone groups is 1. The van der Waals surface area contributed by atoms with E-state index >= 15 is 0 Å². The Bertz CT molecular complexity index is 1240. The molecule has 0 atom stereocenters. The van der Waals surface area contributed by atoms with Crippen LogP contribution in [0, 0.1) is 0 Å². The summed E-state index contributed by atoms with van der Waals surface area (Å²) in [6.45, 7) is 2.15. The first-order valence-electron chi connectivity index (χ1n) is 10.8. The highest BCUT2D eigenvalue weighted by atomic mass is 16.4. The number of aromatic nitrogens is 1. The Labute approximate surface area is 191 Å². The zero-order valence-electron chi connectivity index (χ0n) is 17.9. The van der Waals surface area contributed by atoms with E-state index in [0.29, 0.717) is 17.0 Å². The molecule has 3 aromatic rings. The van der Waals surface area contributed by atoms with Crippen LogP contribution in [0.2, 0.25) is 0 Å². The minimum Gasteiger partial charge on any atom is -0.478 e. The van der Waals surface area contributed by atoms with Crippen LogP contribution < -0.4 is 9.91 Å². The molecule has 0 radical (unpaired) electrons. The molecule has 2 aromatic carbocycles. The number of hydrogen-bond donors (Lipinski definition) is 1. The first-order chi connectivity index (χ1) is 16.1. The molecule has 1 aromatic heterocycles. The normalized spacial score (nSPS) is 17.0. The number of pyridine rings is 1. The van der Waals surface area contributed by atoms with Crippen LogP contribution in [0.15, 0.2) is 83.7 Å². The monoisotopic (exact) mass is 438 g/mol. The molecule has 0 unspecified atom stereocenters. The van der Waals surface area contributed by atoms with E-state index in [1.54, 1.807) is 24.5 Å². The van der Waals surface area contributed by atoms with Crippen LogP contribution in [0.3, 0.4) is 0 Å². The van der Waals surface area contributed by atoms with Gasteiger partial charge in [-0.1, -0.05) is 12.1 Å². The summed E-state index contributed by atoms with van der Waals surface area (Å²) in [6.07, 6.45) is 7.61. The van der Waals surface area contributed by atoms with Gasteiger partial charge in [0.25, 0.3) is 5.91 Å². The number of nitrogens with zero attached hydrogens (tertiary/aromatic N) is 4. The van der Waals surface area contributed by atoms with Gasteiger partial charge in [0.2, 0.25) is 0 Å². The van der Waals surface area contributed by atoms with Gasteiger partial charge in [0, 0.05) is 36.7 Å². The Morgan fingerprint density at radius 1 is 0.879 bits per heavy atom. The molecule has 1 saturated heterocycles. The van der Waals surface area contributed by atoms with E-state index < -0.39 is 5.97 Å². The lowest BCUT2D eigenvalue weighted by Gasteiger charge is -2.17. The molecule has 0 aliphatic carbocycles. The third kappa shape index (κ3) is 4.13. The second-order valence-electron chi connectivity index (χ2n) is 8.00. The van der Waals surface area contributed by atoms with Crippen LogP contribution in [0.25, 0.3) is 6.08 Å². The highest BCUT2D eigenvalue weighted by Crippen LogP contribution is 2.29. The van der Waals surface area contributed by atoms with E-state index in [9.17, 15) is 9.59 Å². The number of hydrogen-bond acceptors (Lipinski definition) is 5. The molecule has 7 heteroatoms. The zero-order valence-corrected chi connectivity index (χ0v) is 17.9. The average molecular weight is 438 g/mol. The first-order valence-corrected chi connectivity index (χ1v) is 10.8. The minimum atomic E-state index is -1.02. The molecule has 1 amide bonds. The molecular formula is C26H22N4O3. The number of benzene rings is 2. The maximum atomic E-state index is 13.4. The summed E-state index contributed by atoms with van der Waals surface area (Å²) in [4.78, 5) is 31.0. The minimum absolute atomic E-state index is 0.151. The van der Waals surface area contributed by atoms with E-state index in [1.165, 1.54) is 35.7 Å². The Hall–Kier alpha value is -4.26. The molecule has 164 valence electrons. The van der Waals surface area contributed by atoms with Gasteiger partial charge >= 0.3 is 5.97 Å². The van der Waals surface area contributed by atoms with Crippen molar-refractivity contribution in [1.82, 2.24) is 4.98 Å². The van der Waals surface area contributed by atoms with Gasteiger partial charge in [0.15, 0.2) is 0 Å². The quantitative estimate of drug-likeness (QED) is 0.603. The number of amides is 1. The average Bonchev–Trinajstić information content (AvgIpc) is 3.49. The summed E-state index contributed by atoms with van der Waals surface area (Å²) in [5.74, 6) is -1.29. The number of carbonyl (C=O) groups excluding carboxylic acids is 1. The van der Waals surface area contributed by atoms with Gasteiger partial charge in [0.1, 0.15) is 5.71 Å². The topological polar surface area (TPSA) is 86.1 Å². The lowest BCUT2D eigenvalue weighted by Crippen LogP contribution is -2.21. The summed E-state index contributed by atoms with van der Waals surface area (Å²) in [6, 6.07) is 17.9. The Balaban J connectivity index is 1.50. The van der Waals surface area contributed by atoms with Gasteiger partial charge in [0.05, 0.1) is 16.8 Å². The second kappa shape index (κ2) is 8.70. The van der Waals surface area contributed by atoms with Gasteiger partial charge in [-0.3, -0.25) is 9.78 Å². The van der Waals surface area contributed by atoms with E-state index in [-0.39, 0.29) is 11.5 Å². The van der Waals surface area contributed by atoms with Crippen LogP contribution >= 0.6 is 0 Å². The summed E-state index contributed by atoms with van der Waals surface area (Å²) >= 11 is 0. The SMILES string of the molecule is O=C(O)c1ccc(N2N=C(c3ccncc3)/C(=C/c3ccc(N4CCCC4)cc3)C2=O)cc1. The van der Waals surface area contributed by atoms with Crippen LogP contribution in [-0.4, -0.2) is 40.8 Å². The molecule has 33 heavy (non-hydrogen) atoms. The van der Waals surface area contributed by atoms with Crippen molar-refractivity contribution in [2.24, 2.45) is 5.10 Å². The van der Waals surface area contributed by atoms with Crippen molar-refractivity contribution in [3.05, 3.63) is 95.3 Å². The van der Waals surface area contributed by atoms with E-state index in [1.807, 2.05) is 30.3 Å². The summed E-state index contributed by atoms with van der Waals surface area (Å²) in [5, 5.41) is 15.1. The number of rotatable bonds is 5. The zero-order chi connectivity index (χ0) is 22.8. The highest BCUT2D eigenvalue weighted by Gasteiger charge is 2.32. The van der Waals surface area contributed by atoms with Gasteiger partial charge < -0.3 is 10.0 Å². The van der Waals surface area contributed by atoms with E-state index in [0.717, 1.165) is 24.2 Å². The Morgan fingerprint density at radius 2 is 1.52 bits per heavy atom. The van der Waals surface area contributed by atoms with Gasteiger partial charge in [-0.15, -0.1) is 0 Å². The number of aromatic carboxylic acids is 1. The second-order valence-corrected chi connectivity index (χ2v) is 8.00. The van der Waals surface area contributed by atoms with Gasteiger partial charge in [-0.2, -0.15) is 10.1 Å². The fourth-order valence-electron chi connectivity index (χ4n) is 4.11. The highest BCUT2D eigenvalue weighted by molar-refractivity contribution is 6.37. The molecule has 2 aliphatic rings. The van der Waals surface area contributed by atoms with Gasteiger partial charge in [-0.25, -0.2) is 4.79 Å². The third-order valence-corrected chi connectivity index (χ3v) is 5.87. The molecule has 7 nitrogen and oxygen atoms in total. The Morgan fingerprint density at radius 3 is 2.15 bits per heavy atom. The predicted molar refractivity (Wildman–Crippen MR) is 128 cm³/mol. The predicted octanol–water partition coefficient (Wildman–Crippen LogP) is 4.21. The smallest absolute Gasteiger partial charge is 0.335 e. The Kier molecular flexibility index (Phi) is 5.44. The fourth-order valence-corrected chi connectivity index (χ4v) is 4.11. The summed E-state index contributed by atoms with van der Waals surface area (Å²) < 4.78 is 0. The molecule has 1 fully saturated rings. The van der Waals surface area contributed by atoms with Crippen LogP contribution in [0.1, 0.15) is 34.3 Å². The molecule has 3 heterocycles. The van der Waals surface area contributed by atoms with E-state index in [2.05, 4.69) is 27.1 Å². The lowest BCUT2D eigenvalue weighted by molar-refractivity contribution is -0.114. The van der Waals surface area contributed by atoms with E-state index in [4.69, 9.17) is 5.11 Å². The fraction of sp³-hybridized carbons (Fsp3) is 0.154. The molecule has 0 bridgehead atoms. The molecule has 0 saturated carbocycles. The maximum Gasteiger partial charge on any atom is 0.335 e. The first kappa shape index (κ1) is 20.6. The van der Waals surface area contributed by atoms with Crippen LogP contribution in [0.5, 0.6) is 0 Å². The third-order valence-electron chi connectivity index (χ3n) is 5.87. The molecular weight excluding hydrogens is 416 g/mol. The number of anilines is 2. The lowest BCUT2D eigenvalue weighted by atomic mass is 10.0. The molecule has 0 spiro atoms. The standard InChI is InChI=1S/C26H22N4O3/c31-25-23(17-18-3-7-21(8-4-18)29-15-1-2-16-29)24(19-11-13-27-14-12-19)28-30(25)22-9-5-20(6-10-22)26(32)33/h3-14,17H,1-2,15-16H2,(H,32,33)/b23-17-. The van der Waals surface area contributed by atoms with Crippen molar-refractivity contribution in [3.63, 3.8) is 0 Å². The maximum absolute atomic E-state index is 13.4. The van der Waals surface area contributed by atoms with Crippen molar-refractivity contribution in [3.8, 4) is 0 Å². The largest absolute Gasteiger partial charge is 0.478 e. The number of carboxylic acid groups (broad SMARTS) is 1. The van der Waals surface area contributed by atoms with Crippen LogP contribution in [-0.2, 0) is 4.79 Å². The van der Waals surface area contributed by atoms with Crippen molar-refractivity contribution >= 4 is 35.0 Å².